The third-order valence-corrected chi connectivity index (χ3v) is 3.38. The Morgan fingerprint density at radius 1 is 1.35 bits per heavy atom. The summed E-state index contributed by atoms with van der Waals surface area (Å²) < 4.78 is 5.88. The van der Waals surface area contributed by atoms with E-state index in [-0.39, 0.29) is 0 Å². The predicted molar refractivity (Wildman–Crippen MR) is 71.7 cm³/mol. The molecule has 1 aromatic rings. The molecule has 2 nitrogen and oxygen atoms in total. The second-order valence-electron chi connectivity index (χ2n) is 4.99. The van der Waals surface area contributed by atoms with Crippen molar-refractivity contribution in [2.75, 3.05) is 13.2 Å². The molecule has 0 fully saturated rings. The van der Waals surface area contributed by atoms with Crippen molar-refractivity contribution in [1.29, 1.82) is 0 Å². The molecule has 2 heteroatoms. The van der Waals surface area contributed by atoms with Crippen LogP contribution in [0.4, 0.5) is 0 Å². The molecule has 1 aliphatic heterocycles. The van der Waals surface area contributed by atoms with E-state index in [0.717, 1.165) is 25.3 Å². The molecule has 0 aromatic heterocycles. The lowest BCUT2D eigenvalue weighted by Gasteiger charge is -2.20. The van der Waals surface area contributed by atoms with E-state index in [1.807, 2.05) is 0 Å². The highest BCUT2D eigenvalue weighted by Crippen LogP contribution is 2.34. The minimum Gasteiger partial charge on any atom is -0.493 e. The molecule has 0 saturated heterocycles. The van der Waals surface area contributed by atoms with Crippen molar-refractivity contribution in [3.05, 3.63) is 28.8 Å². The van der Waals surface area contributed by atoms with Crippen molar-refractivity contribution in [2.24, 2.45) is 0 Å². The molecule has 1 aromatic carbocycles. The molecular formula is C15H23NO. The standard InChI is InChI=1S/C15H23NO/c1-4-7-16-13-6-5-8-17-14-10-11(2)9-12(3)15(13)14/h9-10,13,16H,4-8H2,1-3H3. The molecule has 0 aliphatic carbocycles. The van der Waals surface area contributed by atoms with Crippen LogP contribution in [0.2, 0.25) is 0 Å². The van der Waals surface area contributed by atoms with E-state index < -0.39 is 0 Å². The molecule has 94 valence electrons. The first kappa shape index (κ1) is 12.4. The molecule has 0 amide bonds. The number of rotatable bonds is 3. The molecule has 1 atom stereocenters. The van der Waals surface area contributed by atoms with E-state index in [0.29, 0.717) is 6.04 Å². The topological polar surface area (TPSA) is 21.3 Å². The van der Waals surface area contributed by atoms with Crippen molar-refractivity contribution < 1.29 is 4.74 Å². The molecule has 1 aliphatic rings. The van der Waals surface area contributed by atoms with Crippen molar-refractivity contribution >= 4 is 0 Å². The maximum absolute atomic E-state index is 5.88. The van der Waals surface area contributed by atoms with Crippen LogP contribution in [0.1, 0.15) is 48.9 Å². The van der Waals surface area contributed by atoms with E-state index >= 15 is 0 Å². The van der Waals surface area contributed by atoms with Crippen LogP contribution >= 0.6 is 0 Å². The molecule has 0 bridgehead atoms. The fraction of sp³-hybridized carbons (Fsp3) is 0.600. The molecule has 0 spiro atoms. The minimum atomic E-state index is 0.466. The molecule has 17 heavy (non-hydrogen) atoms. The summed E-state index contributed by atoms with van der Waals surface area (Å²) in [6.07, 6.45) is 3.49. The van der Waals surface area contributed by atoms with Crippen LogP contribution in [-0.2, 0) is 0 Å². The fourth-order valence-corrected chi connectivity index (χ4v) is 2.64. The number of benzene rings is 1. The highest BCUT2D eigenvalue weighted by molar-refractivity contribution is 5.45. The zero-order valence-corrected chi connectivity index (χ0v) is 11.2. The Kier molecular flexibility index (Phi) is 4.06. The van der Waals surface area contributed by atoms with Crippen molar-refractivity contribution in [2.45, 2.75) is 46.1 Å². The summed E-state index contributed by atoms with van der Waals surface area (Å²) in [5, 5.41) is 3.65. The minimum absolute atomic E-state index is 0.466. The largest absolute Gasteiger partial charge is 0.493 e. The van der Waals surface area contributed by atoms with Gasteiger partial charge in [-0.3, -0.25) is 0 Å². The highest BCUT2D eigenvalue weighted by Gasteiger charge is 2.21. The average molecular weight is 233 g/mol. The zero-order chi connectivity index (χ0) is 12.3. The van der Waals surface area contributed by atoms with Gasteiger partial charge in [0, 0.05) is 11.6 Å². The Morgan fingerprint density at radius 3 is 2.94 bits per heavy atom. The normalized spacial score (nSPS) is 19.4. The Labute approximate surface area is 104 Å². The molecule has 0 saturated carbocycles. The van der Waals surface area contributed by atoms with Gasteiger partial charge in [-0.05, 0) is 56.8 Å². The van der Waals surface area contributed by atoms with Crippen LogP contribution in [0.3, 0.4) is 0 Å². The second kappa shape index (κ2) is 5.54. The summed E-state index contributed by atoms with van der Waals surface area (Å²) in [7, 11) is 0. The van der Waals surface area contributed by atoms with Gasteiger partial charge >= 0.3 is 0 Å². The quantitative estimate of drug-likeness (QED) is 0.862. The SMILES string of the molecule is CCCNC1CCCOc2cc(C)cc(C)c21. The lowest BCUT2D eigenvalue weighted by molar-refractivity contribution is 0.315. The van der Waals surface area contributed by atoms with Gasteiger partial charge in [-0.25, -0.2) is 0 Å². The van der Waals surface area contributed by atoms with Gasteiger partial charge in [0.1, 0.15) is 5.75 Å². The van der Waals surface area contributed by atoms with Crippen LogP contribution in [0.25, 0.3) is 0 Å². The fourth-order valence-electron chi connectivity index (χ4n) is 2.64. The predicted octanol–water partition coefficient (Wildman–Crippen LogP) is 3.52. The Hall–Kier alpha value is -1.02. The van der Waals surface area contributed by atoms with Gasteiger partial charge in [0.05, 0.1) is 6.61 Å². The van der Waals surface area contributed by atoms with E-state index in [9.17, 15) is 0 Å². The molecular weight excluding hydrogens is 210 g/mol. The number of hydrogen-bond donors (Lipinski definition) is 1. The number of ether oxygens (including phenoxy) is 1. The Balaban J connectivity index is 2.33. The first-order valence-electron chi connectivity index (χ1n) is 6.69. The van der Waals surface area contributed by atoms with Gasteiger partial charge in [0.25, 0.3) is 0 Å². The third kappa shape index (κ3) is 2.81. The summed E-state index contributed by atoms with van der Waals surface area (Å²) in [5.41, 5.74) is 4.02. The second-order valence-corrected chi connectivity index (χ2v) is 4.99. The summed E-state index contributed by atoms with van der Waals surface area (Å²) in [4.78, 5) is 0. The maximum Gasteiger partial charge on any atom is 0.124 e. The van der Waals surface area contributed by atoms with Gasteiger partial charge in [-0.1, -0.05) is 13.0 Å². The van der Waals surface area contributed by atoms with Gasteiger partial charge in [-0.15, -0.1) is 0 Å². The first-order valence-corrected chi connectivity index (χ1v) is 6.69. The molecule has 1 N–H and O–H groups in total. The van der Waals surface area contributed by atoms with E-state index in [4.69, 9.17) is 4.74 Å². The maximum atomic E-state index is 5.88. The summed E-state index contributed by atoms with van der Waals surface area (Å²) >= 11 is 0. The zero-order valence-electron chi connectivity index (χ0n) is 11.2. The lowest BCUT2D eigenvalue weighted by Crippen LogP contribution is -2.22. The van der Waals surface area contributed by atoms with E-state index in [1.165, 1.54) is 29.5 Å². The summed E-state index contributed by atoms with van der Waals surface area (Å²) in [5.74, 6) is 1.09. The molecule has 1 unspecified atom stereocenters. The van der Waals surface area contributed by atoms with Crippen LogP contribution < -0.4 is 10.1 Å². The van der Waals surface area contributed by atoms with Gasteiger partial charge in [-0.2, -0.15) is 0 Å². The van der Waals surface area contributed by atoms with Gasteiger partial charge in [0.2, 0.25) is 0 Å². The lowest BCUT2D eigenvalue weighted by atomic mass is 9.95. The number of aryl methyl sites for hydroxylation is 2. The summed E-state index contributed by atoms with van der Waals surface area (Å²) in [6.45, 7) is 8.47. The van der Waals surface area contributed by atoms with Gasteiger partial charge < -0.3 is 10.1 Å². The van der Waals surface area contributed by atoms with Crippen LogP contribution in [-0.4, -0.2) is 13.2 Å². The first-order chi connectivity index (χ1) is 8.22. The van der Waals surface area contributed by atoms with E-state index in [1.54, 1.807) is 0 Å². The van der Waals surface area contributed by atoms with Crippen LogP contribution in [0.5, 0.6) is 5.75 Å². The Morgan fingerprint density at radius 2 is 2.18 bits per heavy atom. The van der Waals surface area contributed by atoms with Crippen molar-refractivity contribution in [1.82, 2.24) is 5.32 Å². The van der Waals surface area contributed by atoms with E-state index in [2.05, 4.69) is 38.2 Å². The van der Waals surface area contributed by atoms with Crippen LogP contribution in [0, 0.1) is 13.8 Å². The van der Waals surface area contributed by atoms with Crippen LogP contribution in [0.15, 0.2) is 12.1 Å². The molecule has 1 heterocycles. The number of hydrogen-bond acceptors (Lipinski definition) is 2. The average Bonchev–Trinajstić information content (AvgIpc) is 2.48. The summed E-state index contributed by atoms with van der Waals surface area (Å²) in [6, 6.07) is 4.90. The molecule has 2 rings (SSSR count). The Bertz CT molecular complexity index is 387. The van der Waals surface area contributed by atoms with Crippen molar-refractivity contribution in [3.8, 4) is 5.75 Å². The monoisotopic (exact) mass is 233 g/mol. The number of fused-ring (bicyclic) bond motifs is 1. The smallest absolute Gasteiger partial charge is 0.124 e. The van der Waals surface area contributed by atoms with Crippen molar-refractivity contribution in [3.63, 3.8) is 0 Å². The number of nitrogens with one attached hydrogen (secondary N) is 1. The van der Waals surface area contributed by atoms with Gasteiger partial charge in [0.15, 0.2) is 0 Å². The third-order valence-electron chi connectivity index (χ3n) is 3.38. The highest BCUT2D eigenvalue weighted by atomic mass is 16.5. The molecule has 0 radical (unpaired) electrons.